The molecule has 2 aliphatic carbocycles. The van der Waals surface area contributed by atoms with Crippen molar-refractivity contribution in [2.75, 3.05) is 0 Å². The molecule has 0 atom stereocenters. The Morgan fingerprint density at radius 3 is 2.00 bits per heavy atom. The Hall–Kier alpha value is -3.85. The van der Waals surface area contributed by atoms with Crippen molar-refractivity contribution in [3.8, 4) is 11.3 Å². The molecule has 3 nitrogen and oxygen atoms in total. The molecule has 0 aliphatic heterocycles. The maximum Gasteiger partial charge on any atom is 0.164 e. The van der Waals surface area contributed by atoms with Crippen molar-refractivity contribution in [1.82, 2.24) is 4.98 Å². The fourth-order valence-corrected chi connectivity index (χ4v) is 8.82. The minimum absolute atomic E-state index is 0. The molecule has 1 N–H and O–H groups in total. The number of allylic oxidation sites excluding steroid dienone is 4. The monoisotopic (exact) mass is 911 g/mol. The Morgan fingerprint density at radius 1 is 0.764 bits per heavy atom. The fraction of sp³-hybridized carbons (Fsp3) is 0.412. The summed E-state index contributed by atoms with van der Waals surface area (Å²) < 4.78 is 0. The van der Waals surface area contributed by atoms with Gasteiger partial charge in [-0.3, -0.25) is 9.78 Å². The van der Waals surface area contributed by atoms with Crippen molar-refractivity contribution in [2.24, 2.45) is 10.8 Å². The summed E-state index contributed by atoms with van der Waals surface area (Å²) in [4.78, 5) is 17.5. The van der Waals surface area contributed by atoms with Crippen LogP contribution < -0.4 is 0 Å². The number of pyridine rings is 1. The SMILES string of the molecule is CC(C)c1ccc2c(-c3[c-]ccc4c3C(C)(C)C3=C4C(C)(C)c4ccccc43)nc3ccccc3c2c1.CCC(C)(CC)C(=O)/C=C(\O)C(C)(CC)CC.[Ir]. The van der Waals surface area contributed by atoms with Crippen LogP contribution >= 0.6 is 0 Å². The summed E-state index contributed by atoms with van der Waals surface area (Å²) in [6.07, 6.45) is 4.75. The first-order chi connectivity index (χ1) is 25.5. The van der Waals surface area contributed by atoms with Gasteiger partial charge in [-0.15, -0.1) is 29.3 Å². The number of hydrogen-bond acceptors (Lipinski definition) is 3. The van der Waals surface area contributed by atoms with E-state index < -0.39 is 0 Å². The van der Waals surface area contributed by atoms with Crippen LogP contribution in [0.15, 0.2) is 90.7 Å². The molecule has 4 aromatic carbocycles. The normalized spacial score (nSPS) is 15.7. The van der Waals surface area contributed by atoms with Crippen molar-refractivity contribution in [2.45, 2.75) is 126 Å². The van der Waals surface area contributed by atoms with Crippen LogP contribution in [0.5, 0.6) is 0 Å². The molecule has 55 heavy (non-hydrogen) atoms. The van der Waals surface area contributed by atoms with Crippen LogP contribution in [0.4, 0.5) is 0 Å². The number of carbonyl (C=O) groups excluding carboxylic acids is 1. The van der Waals surface area contributed by atoms with Gasteiger partial charge in [0.1, 0.15) is 5.76 Å². The van der Waals surface area contributed by atoms with Crippen LogP contribution in [-0.2, 0) is 35.7 Å². The molecular formula is C51H60IrNO2-. The standard InChI is InChI=1S/C36H32N.C15H28O2.Ir/c1-21(2)22-18-19-24-28(20-22)23-12-8-10-17-30(23)37-34(24)27-15-11-14-26-31(27)36(5,6)32-25-13-7-9-16-29(25)35(3,4)33(26)32;1-7-14(5,8-2)12(16)11-13(17)15(6,9-3)10-4;/h7-14,16-21H,1-6H3;11,16H,7-10H2,1-6H3;/q-1;;/b;12-11-;. The summed E-state index contributed by atoms with van der Waals surface area (Å²) >= 11 is 0. The number of ketones is 1. The topological polar surface area (TPSA) is 50.2 Å². The summed E-state index contributed by atoms with van der Waals surface area (Å²) in [6.45, 7) is 26.2. The van der Waals surface area contributed by atoms with Gasteiger partial charge in [-0.05, 0) is 87.4 Å². The minimum Gasteiger partial charge on any atom is -0.512 e. The molecule has 5 aromatic rings. The van der Waals surface area contributed by atoms with Crippen LogP contribution in [0, 0.1) is 16.9 Å². The van der Waals surface area contributed by atoms with E-state index in [9.17, 15) is 9.90 Å². The average Bonchev–Trinajstić information content (AvgIpc) is 3.58. The van der Waals surface area contributed by atoms with Crippen LogP contribution in [0.3, 0.4) is 0 Å². The molecule has 7 rings (SSSR count). The van der Waals surface area contributed by atoms with Gasteiger partial charge in [-0.1, -0.05) is 149 Å². The van der Waals surface area contributed by atoms with Gasteiger partial charge in [0.15, 0.2) is 5.78 Å². The quantitative estimate of drug-likeness (QED) is 0.0694. The second-order valence-electron chi connectivity index (χ2n) is 17.6. The molecule has 0 fully saturated rings. The van der Waals surface area contributed by atoms with Gasteiger partial charge < -0.3 is 5.11 Å². The third-order valence-electron chi connectivity index (χ3n) is 13.5. The van der Waals surface area contributed by atoms with Gasteiger partial charge >= 0.3 is 0 Å². The fourth-order valence-electron chi connectivity index (χ4n) is 8.82. The second kappa shape index (κ2) is 15.6. The van der Waals surface area contributed by atoms with Gasteiger partial charge in [-0.2, -0.15) is 0 Å². The molecule has 2 aliphatic rings. The van der Waals surface area contributed by atoms with E-state index in [0.717, 1.165) is 42.5 Å². The number of carbonyl (C=O) groups is 1. The van der Waals surface area contributed by atoms with E-state index in [2.05, 4.69) is 126 Å². The summed E-state index contributed by atoms with van der Waals surface area (Å²) in [6, 6.07) is 32.6. The molecule has 0 unspecified atom stereocenters. The zero-order valence-corrected chi connectivity index (χ0v) is 37.5. The van der Waals surface area contributed by atoms with Gasteiger partial charge in [0.2, 0.25) is 0 Å². The summed E-state index contributed by atoms with van der Waals surface area (Å²) in [5.41, 5.74) is 12.3. The number of nitrogens with zero attached hydrogens (tertiary/aromatic N) is 1. The summed E-state index contributed by atoms with van der Waals surface area (Å²) in [5.74, 6) is 0.759. The van der Waals surface area contributed by atoms with E-state index in [1.54, 1.807) is 0 Å². The van der Waals surface area contributed by atoms with Crippen LogP contribution in [0.2, 0.25) is 0 Å². The number of rotatable bonds is 9. The first-order valence-electron chi connectivity index (χ1n) is 20.2. The van der Waals surface area contributed by atoms with Gasteiger partial charge in [-0.25, -0.2) is 0 Å². The molecule has 1 radical (unpaired) electrons. The number of aliphatic hydroxyl groups is 1. The Labute approximate surface area is 344 Å². The smallest absolute Gasteiger partial charge is 0.164 e. The molecule has 0 spiro atoms. The summed E-state index contributed by atoms with van der Waals surface area (Å²) in [7, 11) is 0. The molecule has 1 heterocycles. The van der Waals surface area contributed by atoms with E-state index in [1.165, 1.54) is 61.2 Å². The van der Waals surface area contributed by atoms with Crippen molar-refractivity contribution in [3.05, 3.63) is 125 Å². The third kappa shape index (κ3) is 6.97. The Morgan fingerprint density at radius 2 is 1.36 bits per heavy atom. The van der Waals surface area contributed by atoms with Crippen LogP contribution in [0.25, 0.3) is 44.1 Å². The van der Waals surface area contributed by atoms with Crippen LogP contribution in [-0.4, -0.2) is 15.9 Å². The molecule has 0 amide bonds. The zero-order chi connectivity index (χ0) is 39.4. The average molecular weight is 911 g/mol. The van der Waals surface area contributed by atoms with E-state index in [4.69, 9.17) is 4.98 Å². The van der Waals surface area contributed by atoms with Gasteiger partial charge in [0.25, 0.3) is 0 Å². The molecule has 0 saturated heterocycles. The number of aliphatic hydroxyl groups excluding tert-OH is 1. The molecule has 4 heteroatoms. The number of hydrogen-bond donors (Lipinski definition) is 1. The number of para-hydroxylation sites is 1. The molecule has 0 saturated carbocycles. The molecule has 1 aromatic heterocycles. The predicted molar refractivity (Wildman–Crippen MR) is 230 cm³/mol. The number of benzene rings is 4. The third-order valence-corrected chi connectivity index (χ3v) is 13.5. The van der Waals surface area contributed by atoms with E-state index in [0.29, 0.717) is 5.92 Å². The molecule has 0 bridgehead atoms. The second-order valence-corrected chi connectivity index (χ2v) is 17.6. The zero-order valence-electron chi connectivity index (χ0n) is 35.1. The number of fused-ring (bicyclic) bond motifs is 7. The number of aromatic nitrogens is 1. The van der Waals surface area contributed by atoms with E-state index >= 15 is 0 Å². The predicted octanol–water partition coefficient (Wildman–Crippen LogP) is 14.1. The van der Waals surface area contributed by atoms with Crippen molar-refractivity contribution in [3.63, 3.8) is 0 Å². The van der Waals surface area contributed by atoms with Crippen LogP contribution in [0.1, 0.15) is 143 Å². The first-order valence-corrected chi connectivity index (χ1v) is 20.2. The Kier molecular flexibility index (Phi) is 12.0. The Bertz CT molecular complexity index is 2310. The molecular weight excluding hydrogens is 851 g/mol. The maximum atomic E-state index is 12.2. The largest absolute Gasteiger partial charge is 0.512 e. The first kappa shape index (κ1) is 42.3. The molecule has 291 valence electrons. The van der Waals surface area contributed by atoms with Crippen molar-refractivity contribution >= 4 is 38.6 Å². The van der Waals surface area contributed by atoms with Gasteiger partial charge in [0.05, 0.1) is 5.52 Å². The van der Waals surface area contributed by atoms with E-state index in [-0.39, 0.29) is 53.3 Å². The minimum atomic E-state index is -0.337. The summed E-state index contributed by atoms with van der Waals surface area (Å²) in [5, 5.41) is 13.8. The van der Waals surface area contributed by atoms with Gasteiger partial charge in [0, 0.05) is 47.8 Å². The Balaban J connectivity index is 0.000000276. The van der Waals surface area contributed by atoms with E-state index in [1.807, 2.05) is 41.5 Å². The van der Waals surface area contributed by atoms with Crippen molar-refractivity contribution in [1.29, 1.82) is 0 Å². The maximum absolute atomic E-state index is 12.2. The van der Waals surface area contributed by atoms with Crippen molar-refractivity contribution < 1.29 is 30.0 Å².